The third-order valence-corrected chi connectivity index (χ3v) is 2.47. The fourth-order valence-corrected chi connectivity index (χ4v) is 1.80. The number of carbonyl (C=O) groups is 1. The van der Waals surface area contributed by atoms with Gasteiger partial charge in [0.1, 0.15) is 18.4 Å². The van der Waals surface area contributed by atoms with Gasteiger partial charge in [0.25, 0.3) is 0 Å². The number of nitrogens with zero attached hydrogens (tertiary/aromatic N) is 3. The maximum absolute atomic E-state index is 10.5. The van der Waals surface area contributed by atoms with Gasteiger partial charge in [0.2, 0.25) is 0 Å². The third kappa shape index (κ3) is 1.73. The van der Waals surface area contributed by atoms with Gasteiger partial charge in [0, 0.05) is 31.3 Å². The molecule has 1 aromatic heterocycles. The Hall–Kier alpha value is -1.45. The Bertz CT molecular complexity index is 321. The van der Waals surface area contributed by atoms with Crippen LogP contribution in [0.25, 0.3) is 0 Å². The summed E-state index contributed by atoms with van der Waals surface area (Å²) in [5.41, 5.74) is 0.935. The first-order valence-corrected chi connectivity index (χ1v) is 4.89. The number of carbonyl (C=O) groups excluding carboxylic acids is 1. The van der Waals surface area contributed by atoms with Gasteiger partial charge in [-0.25, -0.2) is 9.97 Å². The van der Waals surface area contributed by atoms with E-state index in [1.807, 2.05) is 0 Å². The summed E-state index contributed by atoms with van der Waals surface area (Å²) >= 11 is 0. The molecule has 2 rings (SSSR count). The van der Waals surface area contributed by atoms with Crippen molar-refractivity contribution in [3.05, 3.63) is 18.1 Å². The lowest BCUT2D eigenvalue weighted by molar-refractivity contribution is -0.107. The molecule has 1 aliphatic rings. The monoisotopic (exact) mass is 191 g/mol. The highest BCUT2D eigenvalue weighted by Crippen LogP contribution is 2.20. The van der Waals surface area contributed by atoms with Crippen molar-refractivity contribution in [3.8, 4) is 0 Å². The molecule has 1 aromatic rings. The highest BCUT2D eigenvalue weighted by molar-refractivity contribution is 5.60. The van der Waals surface area contributed by atoms with Gasteiger partial charge in [-0.3, -0.25) is 0 Å². The number of anilines is 1. The molecular weight excluding hydrogens is 178 g/mol. The topological polar surface area (TPSA) is 46.1 Å². The van der Waals surface area contributed by atoms with E-state index in [9.17, 15) is 4.79 Å². The van der Waals surface area contributed by atoms with Gasteiger partial charge in [0.15, 0.2) is 0 Å². The van der Waals surface area contributed by atoms with Crippen molar-refractivity contribution < 1.29 is 4.79 Å². The van der Waals surface area contributed by atoms with Crippen LogP contribution in [-0.4, -0.2) is 29.3 Å². The van der Waals surface area contributed by atoms with Gasteiger partial charge >= 0.3 is 0 Å². The summed E-state index contributed by atoms with van der Waals surface area (Å²) in [6.45, 7) is 2.09. The van der Waals surface area contributed by atoms with Crippen LogP contribution in [0.4, 0.5) is 5.82 Å². The van der Waals surface area contributed by atoms with E-state index >= 15 is 0 Å². The number of aromatic nitrogens is 2. The number of hydrogen-bond donors (Lipinski definition) is 0. The largest absolute Gasteiger partial charge is 0.356 e. The maximum Gasteiger partial charge on any atom is 0.135 e. The van der Waals surface area contributed by atoms with Crippen LogP contribution in [0.5, 0.6) is 0 Å². The van der Waals surface area contributed by atoms with E-state index in [0.29, 0.717) is 6.42 Å². The fourth-order valence-electron chi connectivity index (χ4n) is 1.80. The first-order valence-electron chi connectivity index (χ1n) is 4.89. The summed E-state index contributed by atoms with van der Waals surface area (Å²) in [6, 6.07) is 0. The molecular formula is C10H13N3O. The lowest BCUT2D eigenvalue weighted by Crippen LogP contribution is -2.20. The first kappa shape index (κ1) is 9.12. The van der Waals surface area contributed by atoms with Crippen LogP contribution in [0.2, 0.25) is 0 Å². The van der Waals surface area contributed by atoms with Crippen LogP contribution in [0.1, 0.15) is 18.4 Å². The highest BCUT2D eigenvalue weighted by Gasteiger charge is 2.16. The van der Waals surface area contributed by atoms with Crippen molar-refractivity contribution in [3.63, 3.8) is 0 Å². The molecule has 0 radical (unpaired) electrons. The Morgan fingerprint density at radius 1 is 1.43 bits per heavy atom. The number of hydrogen-bond acceptors (Lipinski definition) is 4. The van der Waals surface area contributed by atoms with Crippen molar-refractivity contribution in [1.82, 2.24) is 9.97 Å². The second kappa shape index (κ2) is 4.17. The van der Waals surface area contributed by atoms with Crippen molar-refractivity contribution >= 4 is 12.1 Å². The number of aldehydes is 1. The predicted molar refractivity (Wildman–Crippen MR) is 53.2 cm³/mol. The van der Waals surface area contributed by atoms with E-state index in [-0.39, 0.29) is 0 Å². The van der Waals surface area contributed by atoms with Crippen molar-refractivity contribution in [1.29, 1.82) is 0 Å². The normalized spacial score (nSPS) is 15.9. The molecule has 0 amide bonds. The Morgan fingerprint density at radius 2 is 2.21 bits per heavy atom. The standard InChI is InChI=1S/C10H13N3O/c14-6-3-9-7-11-8-12-10(9)13-4-1-2-5-13/h6-8H,1-5H2. The Kier molecular flexibility index (Phi) is 2.72. The average molecular weight is 191 g/mol. The van der Waals surface area contributed by atoms with Gasteiger partial charge < -0.3 is 9.69 Å². The lowest BCUT2D eigenvalue weighted by atomic mass is 10.2. The second-order valence-electron chi connectivity index (χ2n) is 3.44. The molecule has 0 spiro atoms. The molecule has 0 N–H and O–H groups in total. The molecule has 0 aromatic carbocycles. The van der Waals surface area contributed by atoms with Crippen LogP contribution >= 0.6 is 0 Å². The molecule has 74 valence electrons. The molecule has 0 aliphatic carbocycles. The zero-order valence-electron chi connectivity index (χ0n) is 8.02. The van der Waals surface area contributed by atoms with Crippen LogP contribution in [0.3, 0.4) is 0 Å². The van der Waals surface area contributed by atoms with Gasteiger partial charge in [0.05, 0.1) is 0 Å². The summed E-state index contributed by atoms with van der Waals surface area (Å²) in [5.74, 6) is 0.935. The van der Waals surface area contributed by atoms with E-state index in [1.54, 1.807) is 12.5 Å². The van der Waals surface area contributed by atoms with Crippen molar-refractivity contribution in [2.24, 2.45) is 0 Å². The second-order valence-corrected chi connectivity index (χ2v) is 3.44. The Morgan fingerprint density at radius 3 is 2.93 bits per heavy atom. The van der Waals surface area contributed by atoms with E-state index in [4.69, 9.17) is 0 Å². The summed E-state index contributed by atoms with van der Waals surface area (Å²) in [4.78, 5) is 20.9. The maximum atomic E-state index is 10.5. The molecule has 1 fully saturated rings. The summed E-state index contributed by atoms with van der Waals surface area (Å²) in [5, 5.41) is 0. The molecule has 1 aliphatic heterocycles. The summed E-state index contributed by atoms with van der Waals surface area (Å²) < 4.78 is 0. The van der Waals surface area contributed by atoms with Crippen LogP contribution in [0.15, 0.2) is 12.5 Å². The SMILES string of the molecule is O=CCc1cncnc1N1CCCC1. The van der Waals surface area contributed by atoms with Crippen molar-refractivity contribution in [2.75, 3.05) is 18.0 Å². The minimum atomic E-state index is 0.409. The molecule has 0 saturated carbocycles. The first-order chi connectivity index (χ1) is 6.92. The summed E-state index contributed by atoms with van der Waals surface area (Å²) in [7, 11) is 0. The fraction of sp³-hybridized carbons (Fsp3) is 0.500. The Balaban J connectivity index is 2.25. The molecule has 0 bridgehead atoms. The van der Waals surface area contributed by atoms with E-state index in [0.717, 1.165) is 30.8 Å². The van der Waals surface area contributed by atoms with E-state index < -0.39 is 0 Å². The quantitative estimate of drug-likeness (QED) is 0.663. The molecule has 1 saturated heterocycles. The minimum Gasteiger partial charge on any atom is -0.356 e. The Labute approximate surface area is 83.0 Å². The molecule has 4 heteroatoms. The van der Waals surface area contributed by atoms with Gasteiger partial charge in [-0.2, -0.15) is 0 Å². The van der Waals surface area contributed by atoms with E-state index in [2.05, 4.69) is 14.9 Å². The average Bonchev–Trinajstić information content (AvgIpc) is 2.72. The molecule has 2 heterocycles. The highest BCUT2D eigenvalue weighted by atomic mass is 16.1. The summed E-state index contributed by atoms with van der Waals surface area (Å²) in [6.07, 6.45) is 7.01. The zero-order valence-corrected chi connectivity index (χ0v) is 8.02. The van der Waals surface area contributed by atoms with Gasteiger partial charge in [-0.05, 0) is 12.8 Å². The van der Waals surface area contributed by atoms with E-state index in [1.165, 1.54) is 12.8 Å². The van der Waals surface area contributed by atoms with Gasteiger partial charge in [-0.15, -0.1) is 0 Å². The van der Waals surface area contributed by atoms with Crippen LogP contribution in [-0.2, 0) is 11.2 Å². The molecule has 0 atom stereocenters. The van der Waals surface area contributed by atoms with Crippen LogP contribution in [0, 0.1) is 0 Å². The number of rotatable bonds is 3. The lowest BCUT2D eigenvalue weighted by Gasteiger charge is -2.18. The smallest absolute Gasteiger partial charge is 0.135 e. The molecule has 0 unspecified atom stereocenters. The van der Waals surface area contributed by atoms with Gasteiger partial charge in [-0.1, -0.05) is 0 Å². The molecule has 4 nitrogen and oxygen atoms in total. The molecule has 14 heavy (non-hydrogen) atoms. The third-order valence-electron chi connectivity index (χ3n) is 2.47. The predicted octanol–water partition coefficient (Wildman–Crippen LogP) is 0.818. The van der Waals surface area contributed by atoms with Crippen molar-refractivity contribution in [2.45, 2.75) is 19.3 Å². The minimum absolute atomic E-state index is 0.409. The zero-order chi connectivity index (χ0) is 9.80. The van der Waals surface area contributed by atoms with Crippen LogP contribution < -0.4 is 4.90 Å².